The SMILES string of the molecule is C=CCNCC(=O)c1c(F)ccc(Br)c1F. The van der Waals surface area contributed by atoms with Crippen LogP contribution in [0.4, 0.5) is 8.78 Å². The van der Waals surface area contributed by atoms with Crippen LogP contribution in [0.1, 0.15) is 10.4 Å². The Hall–Kier alpha value is -1.07. The van der Waals surface area contributed by atoms with E-state index < -0.39 is 23.0 Å². The number of carbonyl (C=O) groups excluding carboxylic acids is 1. The third kappa shape index (κ3) is 2.96. The van der Waals surface area contributed by atoms with Crippen molar-refractivity contribution in [2.24, 2.45) is 0 Å². The summed E-state index contributed by atoms with van der Waals surface area (Å²) >= 11 is 2.90. The number of hydrogen-bond donors (Lipinski definition) is 1. The molecule has 0 radical (unpaired) electrons. The van der Waals surface area contributed by atoms with Crippen LogP contribution in [-0.2, 0) is 0 Å². The maximum Gasteiger partial charge on any atom is 0.182 e. The Bertz CT molecular complexity index is 421. The van der Waals surface area contributed by atoms with E-state index in [0.29, 0.717) is 6.54 Å². The predicted octanol–water partition coefficient (Wildman–Crippen LogP) is 2.69. The van der Waals surface area contributed by atoms with Crippen LogP contribution >= 0.6 is 15.9 Å². The summed E-state index contributed by atoms with van der Waals surface area (Å²) < 4.78 is 26.8. The van der Waals surface area contributed by atoms with E-state index in [4.69, 9.17) is 0 Å². The Kier molecular flexibility index (Phi) is 4.76. The van der Waals surface area contributed by atoms with Gasteiger partial charge in [0.25, 0.3) is 0 Å². The summed E-state index contributed by atoms with van der Waals surface area (Å²) in [6.07, 6.45) is 1.56. The number of ketones is 1. The first kappa shape index (κ1) is 13.0. The molecule has 0 fully saturated rings. The summed E-state index contributed by atoms with van der Waals surface area (Å²) in [6.45, 7) is 3.73. The molecule has 0 spiro atoms. The first-order valence-electron chi connectivity index (χ1n) is 4.56. The zero-order chi connectivity index (χ0) is 12.1. The van der Waals surface area contributed by atoms with Gasteiger partial charge in [-0.15, -0.1) is 6.58 Å². The third-order valence-electron chi connectivity index (χ3n) is 1.90. The largest absolute Gasteiger partial charge is 0.306 e. The van der Waals surface area contributed by atoms with Crippen LogP contribution in [-0.4, -0.2) is 18.9 Å². The maximum atomic E-state index is 13.5. The van der Waals surface area contributed by atoms with Gasteiger partial charge in [0.1, 0.15) is 5.82 Å². The lowest BCUT2D eigenvalue weighted by atomic mass is 10.1. The van der Waals surface area contributed by atoms with Gasteiger partial charge in [-0.3, -0.25) is 4.79 Å². The highest BCUT2D eigenvalue weighted by molar-refractivity contribution is 9.10. The lowest BCUT2D eigenvalue weighted by molar-refractivity contribution is 0.0984. The van der Waals surface area contributed by atoms with E-state index in [1.807, 2.05) is 0 Å². The number of halogens is 3. The summed E-state index contributed by atoms with van der Waals surface area (Å²) in [5, 5.41) is 2.69. The summed E-state index contributed by atoms with van der Waals surface area (Å²) in [4.78, 5) is 11.5. The van der Waals surface area contributed by atoms with Gasteiger partial charge >= 0.3 is 0 Å². The number of Topliss-reactive ketones (excluding diaryl/α,β-unsaturated/α-hetero) is 1. The molecule has 1 aromatic rings. The second kappa shape index (κ2) is 5.86. The van der Waals surface area contributed by atoms with Crippen LogP contribution in [0.2, 0.25) is 0 Å². The molecule has 1 N–H and O–H groups in total. The Morgan fingerprint density at radius 2 is 2.19 bits per heavy atom. The van der Waals surface area contributed by atoms with Gasteiger partial charge in [-0.05, 0) is 28.1 Å². The van der Waals surface area contributed by atoms with Gasteiger partial charge in [-0.25, -0.2) is 8.78 Å². The topological polar surface area (TPSA) is 29.1 Å². The van der Waals surface area contributed by atoms with Gasteiger partial charge in [0.15, 0.2) is 11.6 Å². The van der Waals surface area contributed by atoms with Crippen LogP contribution in [0.3, 0.4) is 0 Å². The molecule has 0 saturated carbocycles. The Morgan fingerprint density at radius 1 is 1.50 bits per heavy atom. The minimum absolute atomic E-state index is 0.0703. The van der Waals surface area contributed by atoms with Gasteiger partial charge in [0.05, 0.1) is 16.6 Å². The Labute approximate surface area is 100 Å². The lowest BCUT2D eigenvalue weighted by Gasteiger charge is -2.05. The Morgan fingerprint density at radius 3 is 2.81 bits per heavy atom. The highest BCUT2D eigenvalue weighted by Gasteiger charge is 2.18. The van der Waals surface area contributed by atoms with Crippen molar-refractivity contribution >= 4 is 21.7 Å². The molecule has 0 unspecified atom stereocenters. The fourth-order valence-electron chi connectivity index (χ4n) is 1.16. The lowest BCUT2D eigenvalue weighted by Crippen LogP contribution is -2.24. The van der Waals surface area contributed by atoms with Crippen LogP contribution in [0.15, 0.2) is 29.3 Å². The van der Waals surface area contributed by atoms with E-state index in [-0.39, 0.29) is 11.0 Å². The first-order chi connectivity index (χ1) is 7.57. The average molecular weight is 290 g/mol. The van der Waals surface area contributed by atoms with E-state index in [9.17, 15) is 13.6 Å². The minimum atomic E-state index is -0.870. The quantitative estimate of drug-likeness (QED) is 0.391. The van der Waals surface area contributed by atoms with Gasteiger partial charge in [0.2, 0.25) is 0 Å². The van der Waals surface area contributed by atoms with E-state index in [1.165, 1.54) is 6.07 Å². The van der Waals surface area contributed by atoms with Crippen LogP contribution < -0.4 is 5.32 Å². The number of rotatable bonds is 5. The van der Waals surface area contributed by atoms with Crippen molar-refractivity contribution in [3.05, 3.63) is 46.5 Å². The molecule has 5 heteroatoms. The first-order valence-corrected chi connectivity index (χ1v) is 5.35. The minimum Gasteiger partial charge on any atom is -0.306 e. The zero-order valence-corrected chi connectivity index (χ0v) is 9.98. The number of nitrogens with one attached hydrogen (secondary N) is 1. The van der Waals surface area contributed by atoms with Crippen molar-refractivity contribution < 1.29 is 13.6 Å². The molecule has 0 saturated heterocycles. The van der Waals surface area contributed by atoms with Crippen molar-refractivity contribution in [2.75, 3.05) is 13.1 Å². The summed E-state index contributed by atoms with van der Waals surface area (Å²) in [5.74, 6) is -2.35. The van der Waals surface area contributed by atoms with E-state index in [0.717, 1.165) is 6.07 Å². The van der Waals surface area contributed by atoms with Crippen molar-refractivity contribution in [3.63, 3.8) is 0 Å². The van der Waals surface area contributed by atoms with Crippen molar-refractivity contribution in [1.29, 1.82) is 0 Å². The van der Waals surface area contributed by atoms with Crippen LogP contribution in [0, 0.1) is 11.6 Å². The van der Waals surface area contributed by atoms with E-state index in [1.54, 1.807) is 6.08 Å². The Balaban J connectivity index is 2.90. The second-order valence-electron chi connectivity index (χ2n) is 3.06. The predicted molar refractivity (Wildman–Crippen MR) is 61.5 cm³/mol. The number of carbonyl (C=O) groups is 1. The van der Waals surface area contributed by atoms with Crippen LogP contribution in [0.5, 0.6) is 0 Å². The molecular weight excluding hydrogens is 280 g/mol. The summed E-state index contributed by atoms with van der Waals surface area (Å²) in [6, 6.07) is 2.27. The molecule has 0 aliphatic heterocycles. The van der Waals surface area contributed by atoms with Gasteiger partial charge in [0, 0.05) is 6.54 Å². The van der Waals surface area contributed by atoms with Crippen molar-refractivity contribution in [1.82, 2.24) is 5.32 Å². The molecule has 0 aliphatic carbocycles. The smallest absolute Gasteiger partial charge is 0.182 e. The molecule has 16 heavy (non-hydrogen) atoms. The van der Waals surface area contributed by atoms with Gasteiger partial charge < -0.3 is 5.32 Å². The number of hydrogen-bond acceptors (Lipinski definition) is 2. The molecule has 0 aromatic heterocycles. The normalized spacial score (nSPS) is 10.2. The third-order valence-corrected chi connectivity index (χ3v) is 2.51. The number of benzene rings is 1. The fraction of sp³-hybridized carbons (Fsp3) is 0.182. The van der Waals surface area contributed by atoms with Crippen LogP contribution in [0.25, 0.3) is 0 Å². The maximum absolute atomic E-state index is 13.5. The molecule has 86 valence electrons. The standard InChI is InChI=1S/C11H10BrF2NO/c1-2-5-15-6-9(16)10-8(13)4-3-7(12)11(10)14/h2-4,15H,1,5-6H2. The fourth-order valence-corrected chi connectivity index (χ4v) is 1.49. The molecule has 0 heterocycles. The highest BCUT2D eigenvalue weighted by atomic mass is 79.9. The van der Waals surface area contributed by atoms with Gasteiger partial charge in [-0.1, -0.05) is 6.08 Å². The molecule has 0 atom stereocenters. The molecule has 0 aliphatic rings. The highest BCUT2D eigenvalue weighted by Crippen LogP contribution is 2.21. The summed E-state index contributed by atoms with van der Waals surface area (Å²) in [7, 11) is 0. The monoisotopic (exact) mass is 289 g/mol. The average Bonchev–Trinajstić information content (AvgIpc) is 2.24. The van der Waals surface area contributed by atoms with Crippen molar-refractivity contribution in [2.45, 2.75) is 0 Å². The second-order valence-corrected chi connectivity index (χ2v) is 3.92. The molecule has 1 rings (SSSR count). The molecule has 0 amide bonds. The molecular formula is C11H10BrF2NO. The summed E-state index contributed by atoms with van der Waals surface area (Å²) in [5.41, 5.74) is -0.522. The van der Waals surface area contributed by atoms with E-state index in [2.05, 4.69) is 27.8 Å². The van der Waals surface area contributed by atoms with E-state index >= 15 is 0 Å². The molecule has 0 bridgehead atoms. The molecule has 1 aromatic carbocycles. The van der Waals surface area contributed by atoms with Gasteiger partial charge in [-0.2, -0.15) is 0 Å². The molecule has 2 nitrogen and oxygen atoms in total. The van der Waals surface area contributed by atoms with Crippen molar-refractivity contribution in [3.8, 4) is 0 Å². The zero-order valence-electron chi connectivity index (χ0n) is 8.40.